The average molecular weight is 453 g/mol. The molecule has 0 aliphatic rings. The summed E-state index contributed by atoms with van der Waals surface area (Å²) in [5.41, 5.74) is 2.58. The third kappa shape index (κ3) is 5.33. The number of nitrogens with zero attached hydrogens (tertiary/aromatic N) is 2. The highest BCUT2D eigenvalue weighted by Crippen LogP contribution is 2.37. The number of carbonyl (C=O) groups is 1. The molecule has 3 aromatic carbocycles. The van der Waals surface area contributed by atoms with E-state index in [1.54, 1.807) is 48.7 Å². The molecule has 170 valence electrons. The zero-order chi connectivity index (χ0) is 23.9. The van der Waals surface area contributed by atoms with Gasteiger partial charge in [-0.05, 0) is 48.4 Å². The fourth-order valence-corrected chi connectivity index (χ4v) is 3.61. The smallest absolute Gasteiger partial charge is 0.229 e. The van der Waals surface area contributed by atoms with Gasteiger partial charge < -0.3 is 14.6 Å². The molecular formula is C28H24N2O4. The molecule has 1 N–H and O–H groups in total. The molecule has 4 rings (SSSR count). The minimum atomic E-state index is 0.0167. The molecule has 0 aliphatic heterocycles. The summed E-state index contributed by atoms with van der Waals surface area (Å²) in [5, 5.41) is 10.6. The van der Waals surface area contributed by atoms with Crippen LogP contribution in [0.15, 0.2) is 72.9 Å². The van der Waals surface area contributed by atoms with E-state index in [0.29, 0.717) is 40.6 Å². The van der Waals surface area contributed by atoms with Gasteiger partial charge in [0.1, 0.15) is 28.8 Å². The van der Waals surface area contributed by atoms with E-state index in [1.165, 1.54) is 0 Å². The third-order valence-corrected chi connectivity index (χ3v) is 5.30. The standard InChI is InChI=1S/C28H24N2O4/c1-3-14-33-28-18-24-23(17-25(28)29-2)27(12-13-30-24)34-22-10-8-19(9-11-22)15-21(31)16-20-6-4-5-7-26(20)32/h4-13,17-18,32H,3,14-16H2,1H3. The molecule has 0 unspecified atom stereocenters. The number of ether oxygens (including phenoxy) is 2. The van der Waals surface area contributed by atoms with Gasteiger partial charge in [-0.15, -0.1) is 0 Å². The van der Waals surface area contributed by atoms with Gasteiger partial charge in [-0.25, -0.2) is 4.85 Å². The number of benzene rings is 3. The van der Waals surface area contributed by atoms with Crippen molar-refractivity contribution in [3.05, 3.63) is 95.5 Å². The molecule has 0 spiro atoms. The first-order valence-electron chi connectivity index (χ1n) is 11.1. The number of carbonyl (C=O) groups excluding carboxylic acids is 1. The van der Waals surface area contributed by atoms with E-state index in [1.807, 2.05) is 31.2 Å². The van der Waals surface area contributed by atoms with Gasteiger partial charge >= 0.3 is 0 Å². The Hall–Kier alpha value is -4.37. The summed E-state index contributed by atoms with van der Waals surface area (Å²) in [7, 11) is 0. The Morgan fingerprint density at radius 3 is 2.56 bits per heavy atom. The van der Waals surface area contributed by atoms with E-state index in [9.17, 15) is 9.90 Å². The zero-order valence-corrected chi connectivity index (χ0v) is 18.8. The van der Waals surface area contributed by atoms with Crippen LogP contribution in [-0.4, -0.2) is 22.5 Å². The van der Waals surface area contributed by atoms with Crippen LogP contribution in [0.4, 0.5) is 5.69 Å². The van der Waals surface area contributed by atoms with Crippen LogP contribution in [0.3, 0.4) is 0 Å². The van der Waals surface area contributed by atoms with Crippen molar-refractivity contribution >= 4 is 22.4 Å². The van der Waals surface area contributed by atoms with E-state index in [4.69, 9.17) is 16.0 Å². The van der Waals surface area contributed by atoms with Gasteiger partial charge in [0, 0.05) is 30.0 Å². The summed E-state index contributed by atoms with van der Waals surface area (Å²) < 4.78 is 11.8. The number of hydrogen-bond acceptors (Lipinski definition) is 5. The van der Waals surface area contributed by atoms with Crippen LogP contribution in [0.5, 0.6) is 23.0 Å². The Morgan fingerprint density at radius 1 is 1.03 bits per heavy atom. The first kappa shape index (κ1) is 22.8. The summed E-state index contributed by atoms with van der Waals surface area (Å²) >= 11 is 0. The predicted molar refractivity (Wildman–Crippen MR) is 131 cm³/mol. The van der Waals surface area contributed by atoms with Crippen LogP contribution in [0.1, 0.15) is 24.5 Å². The Morgan fingerprint density at radius 2 is 1.82 bits per heavy atom. The lowest BCUT2D eigenvalue weighted by Crippen LogP contribution is -2.06. The first-order chi connectivity index (χ1) is 16.6. The summed E-state index contributed by atoms with van der Waals surface area (Å²) in [4.78, 5) is 20.4. The number of phenols is 1. The van der Waals surface area contributed by atoms with E-state index in [2.05, 4.69) is 9.83 Å². The normalized spacial score (nSPS) is 10.6. The Bertz CT molecular complexity index is 1360. The van der Waals surface area contributed by atoms with Crippen molar-refractivity contribution in [2.24, 2.45) is 0 Å². The lowest BCUT2D eigenvalue weighted by Gasteiger charge is -2.12. The summed E-state index contributed by atoms with van der Waals surface area (Å²) in [6.07, 6.45) is 2.95. The van der Waals surface area contributed by atoms with Crippen molar-refractivity contribution in [3.63, 3.8) is 0 Å². The molecule has 6 heteroatoms. The third-order valence-electron chi connectivity index (χ3n) is 5.30. The number of aromatic nitrogens is 1. The summed E-state index contributed by atoms with van der Waals surface area (Å²) in [5.74, 6) is 1.87. The minimum absolute atomic E-state index is 0.0167. The van der Waals surface area contributed by atoms with Crippen molar-refractivity contribution in [1.29, 1.82) is 0 Å². The van der Waals surface area contributed by atoms with Crippen molar-refractivity contribution in [2.45, 2.75) is 26.2 Å². The summed E-state index contributed by atoms with van der Waals surface area (Å²) in [6, 6.07) is 19.4. The van der Waals surface area contributed by atoms with Crippen molar-refractivity contribution in [3.8, 4) is 23.0 Å². The number of rotatable bonds is 9. The van der Waals surface area contributed by atoms with Crippen molar-refractivity contribution in [2.75, 3.05) is 6.61 Å². The highest BCUT2D eigenvalue weighted by molar-refractivity contribution is 5.91. The highest BCUT2D eigenvalue weighted by atomic mass is 16.5. The van der Waals surface area contributed by atoms with Gasteiger partial charge in [0.2, 0.25) is 5.69 Å². The van der Waals surface area contributed by atoms with Crippen LogP contribution in [0, 0.1) is 6.57 Å². The second-order valence-electron chi connectivity index (χ2n) is 7.87. The van der Waals surface area contributed by atoms with Gasteiger partial charge in [0.15, 0.2) is 0 Å². The lowest BCUT2D eigenvalue weighted by molar-refractivity contribution is -0.117. The number of aromatic hydroxyl groups is 1. The molecule has 0 atom stereocenters. The SMILES string of the molecule is [C-]#[N+]c1cc2c(Oc3ccc(CC(=O)Cc4ccccc4O)cc3)ccnc2cc1OCCC. The average Bonchev–Trinajstić information content (AvgIpc) is 2.85. The van der Waals surface area contributed by atoms with Gasteiger partial charge in [-0.3, -0.25) is 9.78 Å². The number of pyridine rings is 1. The topological polar surface area (TPSA) is 73.0 Å². The second-order valence-corrected chi connectivity index (χ2v) is 7.87. The molecule has 1 heterocycles. The quantitative estimate of drug-likeness (QED) is 0.296. The predicted octanol–water partition coefficient (Wildman–Crippen LogP) is 6.43. The summed E-state index contributed by atoms with van der Waals surface area (Å²) in [6.45, 7) is 10.0. The molecular weight excluding hydrogens is 428 g/mol. The molecule has 0 aliphatic carbocycles. The maximum Gasteiger partial charge on any atom is 0.229 e. The van der Waals surface area contributed by atoms with Gasteiger partial charge in [-0.2, -0.15) is 0 Å². The van der Waals surface area contributed by atoms with Crippen LogP contribution in [0.25, 0.3) is 15.7 Å². The largest absolute Gasteiger partial charge is 0.508 e. The van der Waals surface area contributed by atoms with Crippen molar-refractivity contribution < 1.29 is 19.4 Å². The Labute approximate surface area is 198 Å². The number of ketones is 1. The van der Waals surface area contributed by atoms with Gasteiger partial charge in [0.05, 0.1) is 18.7 Å². The minimum Gasteiger partial charge on any atom is -0.508 e. The van der Waals surface area contributed by atoms with Crippen LogP contribution in [-0.2, 0) is 17.6 Å². The number of Topliss-reactive ketones (excluding diaryl/α,β-unsaturated/α-hetero) is 1. The molecule has 0 saturated heterocycles. The van der Waals surface area contributed by atoms with Crippen LogP contribution < -0.4 is 9.47 Å². The molecule has 1 aromatic heterocycles. The molecule has 0 amide bonds. The van der Waals surface area contributed by atoms with E-state index < -0.39 is 0 Å². The monoisotopic (exact) mass is 452 g/mol. The zero-order valence-electron chi connectivity index (χ0n) is 18.8. The molecule has 34 heavy (non-hydrogen) atoms. The highest BCUT2D eigenvalue weighted by Gasteiger charge is 2.12. The molecule has 4 aromatic rings. The number of phenolic OH excluding ortho intramolecular Hbond substituents is 1. The molecule has 6 nitrogen and oxygen atoms in total. The van der Waals surface area contributed by atoms with Gasteiger partial charge in [0.25, 0.3) is 0 Å². The van der Waals surface area contributed by atoms with E-state index in [-0.39, 0.29) is 24.4 Å². The second kappa shape index (κ2) is 10.5. The maximum atomic E-state index is 12.4. The fourth-order valence-electron chi connectivity index (χ4n) is 3.61. The maximum absolute atomic E-state index is 12.4. The molecule has 0 radical (unpaired) electrons. The number of hydrogen-bond donors (Lipinski definition) is 1. The molecule has 0 bridgehead atoms. The first-order valence-corrected chi connectivity index (χ1v) is 11.1. The van der Waals surface area contributed by atoms with E-state index in [0.717, 1.165) is 17.4 Å². The fraction of sp³-hybridized carbons (Fsp3) is 0.179. The van der Waals surface area contributed by atoms with E-state index >= 15 is 0 Å². The van der Waals surface area contributed by atoms with Crippen LogP contribution >= 0.6 is 0 Å². The van der Waals surface area contributed by atoms with Crippen LogP contribution in [0.2, 0.25) is 0 Å². The molecule has 0 saturated carbocycles. The van der Waals surface area contributed by atoms with Crippen molar-refractivity contribution in [1.82, 2.24) is 4.98 Å². The van der Waals surface area contributed by atoms with Gasteiger partial charge in [-0.1, -0.05) is 37.3 Å². The number of fused-ring (bicyclic) bond motifs is 1. The number of para-hydroxylation sites is 1. The lowest BCUT2D eigenvalue weighted by atomic mass is 10.0. The Kier molecular flexibility index (Phi) is 7.04. The Balaban J connectivity index is 1.48. The molecule has 0 fully saturated rings.